The molecule has 5 nitrogen and oxygen atoms in total. The van der Waals surface area contributed by atoms with Gasteiger partial charge in [0.2, 0.25) is 5.91 Å². The number of carbonyl (C=O) groups is 1. The van der Waals surface area contributed by atoms with E-state index in [0.717, 1.165) is 0 Å². The first kappa shape index (κ1) is 13.4. The maximum atomic E-state index is 11.1. The number of hydrogen-bond donors (Lipinski definition) is 3. The van der Waals surface area contributed by atoms with E-state index in [2.05, 4.69) is 5.32 Å². The predicted octanol–water partition coefficient (Wildman–Crippen LogP) is -0.341. The Hall–Kier alpha value is -0.650. The Bertz CT molecular complexity index is 296. The molecule has 1 aliphatic carbocycles. The number of nitrogens with one attached hydrogen (secondary N) is 1. The van der Waals surface area contributed by atoms with Gasteiger partial charge in [-0.25, -0.2) is 0 Å². The second-order valence-electron chi connectivity index (χ2n) is 4.91. The van der Waals surface area contributed by atoms with Crippen LogP contribution in [0.25, 0.3) is 0 Å². The average molecular weight is 231 g/mol. The highest BCUT2D eigenvalue weighted by molar-refractivity contribution is 5.74. The molecule has 4 atom stereocenters. The highest BCUT2D eigenvalue weighted by Gasteiger charge is 2.66. The van der Waals surface area contributed by atoms with Crippen molar-refractivity contribution >= 4 is 5.91 Å². The zero-order valence-electron chi connectivity index (χ0n) is 8.99. The summed E-state index contributed by atoms with van der Waals surface area (Å²) in [6.45, 7) is 3.51. The Kier molecular flexibility index (Phi) is 3.34. The van der Waals surface area contributed by atoms with Gasteiger partial charge in [0.05, 0.1) is 31.0 Å². The number of ether oxygens (including phenoxy) is 1. The summed E-state index contributed by atoms with van der Waals surface area (Å²) < 4.78 is 5.40. The van der Waals surface area contributed by atoms with Crippen LogP contribution in [0.1, 0.15) is 27.7 Å². The Labute approximate surface area is 95.8 Å². The van der Waals surface area contributed by atoms with Crippen molar-refractivity contribution in [2.75, 3.05) is 13.2 Å². The molecule has 0 spiro atoms. The maximum Gasteiger partial charge on any atom is 0.217 e. The molecule has 2 aliphatic rings. The monoisotopic (exact) mass is 231 g/mol. The fourth-order valence-electron chi connectivity index (χ4n) is 2.80. The van der Waals surface area contributed by atoms with Crippen LogP contribution in [0.4, 0.5) is 0 Å². The number of fused-ring (bicyclic) bond motifs is 1. The third-order valence-corrected chi connectivity index (χ3v) is 3.69. The van der Waals surface area contributed by atoms with Crippen molar-refractivity contribution in [3.8, 4) is 0 Å². The Morgan fingerprint density at radius 2 is 2.25 bits per heavy atom. The van der Waals surface area contributed by atoms with Crippen LogP contribution in [0, 0.1) is 5.41 Å². The Morgan fingerprint density at radius 1 is 1.62 bits per heavy atom. The van der Waals surface area contributed by atoms with Crippen molar-refractivity contribution in [1.29, 1.82) is 0 Å². The number of amides is 1. The zero-order chi connectivity index (χ0) is 11.3. The molecule has 2 fully saturated rings. The van der Waals surface area contributed by atoms with Crippen molar-refractivity contribution in [1.82, 2.24) is 5.32 Å². The summed E-state index contributed by atoms with van der Waals surface area (Å²) in [6.07, 6.45) is -0.468. The molecule has 0 aromatic heterocycles. The van der Waals surface area contributed by atoms with Crippen LogP contribution in [0.3, 0.4) is 0 Å². The Morgan fingerprint density at radius 3 is 2.62 bits per heavy atom. The lowest BCUT2D eigenvalue weighted by atomic mass is 9.79. The maximum absolute atomic E-state index is 11.1. The van der Waals surface area contributed by atoms with E-state index in [1.165, 1.54) is 6.92 Å². The first-order valence-corrected chi connectivity index (χ1v) is 5.14. The number of hydrogen-bond acceptors (Lipinski definition) is 4. The average Bonchev–Trinajstić information content (AvgIpc) is 2.25. The molecule has 0 bridgehead atoms. The Balaban J connectivity index is 0.00000128. The van der Waals surface area contributed by atoms with Gasteiger partial charge in [-0.1, -0.05) is 14.4 Å². The molecular formula is C11H21NO4. The lowest BCUT2D eigenvalue weighted by molar-refractivity contribution is -0.186. The summed E-state index contributed by atoms with van der Waals surface area (Å²) in [5, 5.41) is 22.1. The summed E-state index contributed by atoms with van der Waals surface area (Å²) in [5.74, 6) is -0.127. The fourth-order valence-corrected chi connectivity index (χ4v) is 2.80. The molecular weight excluding hydrogens is 210 g/mol. The molecule has 1 amide bonds. The second kappa shape index (κ2) is 3.98. The van der Waals surface area contributed by atoms with Gasteiger partial charge >= 0.3 is 0 Å². The van der Waals surface area contributed by atoms with Crippen LogP contribution >= 0.6 is 0 Å². The van der Waals surface area contributed by atoms with Gasteiger partial charge in [-0.3, -0.25) is 4.79 Å². The SMILES string of the molecule is C.CC(=O)N[C@@]12COC1C(C)(CO)[C@@H](O)C2. The van der Waals surface area contributed by atoms with E-state index in [9.17, 15) is 15.0 Å². The molecule has 1 aliphatic heterocycles. The third kappa shape index (κ3) is 1.54. The molecule has 16 heavy (non-hydrogen) atoms. The minimum absolute atomic E-state index is 0. The van der Waals surface area contributed by atoms with E-state index in [-0.39, 0.29) is 26.0 Å². The number of aliphatic hydroxyl groups is 2. The van der Waals surface area contributed by atoms with Gasteiger partial charge in [0.15, 0.2) is 0 Å². The highest BCUT2D eigenvalue weighted by atomic mass is 16.5. The van der Waals surface area contributed by atoms with E-state index in [1.54, 1.807) is 6.92 Å². The van der Waals surface area contributed by atoms with Gasteiger partial charge in [-0.15, -0.1) is 0 Å². The van der Waals surface area contributed by atoms with Crippen LogP contribution in [0.2, 0.25) is 0 Å². The van der Waals surface area contributed by atoms with Crippen molar-refractivity contribution in [3.05, 3.63) is 0 Å². The molecule has 1 saturated carbocycles. The zero-order valence-corrected chi connectivity index (χ0v) is 8.99. The first-order valence-electron chi connectivity index (χ1n) is 5.14. The van der Waals surface area contributed by atoms with E-state index < -0.39 is 17.1 Å². The van der Waals surface area contributed by atoms with Crippen LogP contribution in [-0.2, 0) is 9.53 Å². The topological polar surface area (TPSA) is 78.8 Å². The normalized spacial score (nSPS) is 45.2. The summed E-state index contributed by atoms with van der Waals surface area (Å²) in [7, 11) is 0. The second-order valence-corrected chi connectivity index (χ2v) is 4.91. The summed E-state index contributed by atoms with van der Waals surface area (Å²) in [4.78, 5) is 11.1. The minimum Gasteiger partial charge on any atom is -0.396 e. The summed E-state index contributed by atoms with van der Waals surface area (Å²) in [6, 6.07) is 0. The van der Waals surface area contributed by atoms with Gasteiger partial charge in [-0.05, 0) is 0 Å². The molecule has 0 aromatic rings. The lowest BCUT2D eigenvalue weighted by Gasteiger charge is -2.49. The van der Waals surface area contributed by atoms with Gasteiger partial charge < -0.3 is 20.3 Å². The molecule has 1 heterocycles. The van der Waals surface area contributed by atoms with Gasteiger partial charge in [-0.2, -0.15) is 0 Å². The molecule has 94 valence electrons. The molecule has 1 saturated heterocycles. The van der Waals surface area contributed by atoms with Crippen LogP contribution < -0.4 is 5.32 Å². The van der Waals surface area contributed by atoms with E-state index in [0.29, 0.717) is 13.0 Å². The molecule has 0 aromatic carbocycles. The van der Waals surface area contributed by atoms with Gasteiger partial charge in [0.1, 0.15) is 0 Å². The minimum atomic E-state index is -0.666. The van der Waals surface area contributed by atoms with Crippen LogP contribution in [0.15, 0.2) is 0 Å². The van der Waals surface area contributed by atoms with Crippen LogP contribution in [-0.4, -0.2) is 47.1 Å². The molecule has 2 rings (SSSR count). The van der Waals surface area contributed by atoms with E-state index in [4.69, 9.17) is 4.74 Å². The fraction of sp³-hybridized carbons (Fsp3) is 0.909. The highest BCUT2D eigenvalue weighted by Crippen LogP contribution is 2.51. The predicted molar refractivity (Wildman–Crippen MR) is 58.8 cm³/mol. The third-order valence-electron chi connectivity index (χ3n) is 3.69. The summed E-state index contributed by atoms with van der Waals surface area (Å²) >= 11 is 0. The number of rotatable bonds is 2. The largest absolute Gasteiger partial charge is 0.396 e. The lowest BCUT2D eigenvalue weighted by Crippen LogP contribution is -2.68. The molecule has 3 N–H and O–H groups in total. The van der Waals surface area contributed by atoms with Crippen LogP contribution in [0.5, 0.6) is 0 Å². The molecule has 5 heteroatoms. The number of aliphatic hydroxyl groups excluding tert-OH is 2. The first-order chi connectivity index (χ1) is 6.94. The molecule has 0 radical (unpaired) electrons. The van der Waals surface area contributed by atoms with Gasteiger partial charge in [0, 0.05) is 18.8 Å². The van der Waals surface area contributed by atoms with Crippen molar-refractivity contribution < 1.29 is 19.7 Å². The molecule has 2 unspecified atom stereocenters. The smallest absolute Gasteiger partial charge is 0.217 e. The van der Waals surface area contributed by atoms with Crippen molar-refractivity contribution in [3.63, 3.8) is 0 Å². The van der Waals surface area contributed by atoms with Gasteiger partial charge in [0.25, 0.3) is 0 Å². The van der Waals surface area contributed by atoms with E-state index >= 15 is 0 Å². The standard InChI is InChI=1S/C10H17NO4.CH4/c1-6(13)11-10-3-7(14)9(2,4-12)8(10)15-5-10;/h7-8,12,14H,3-5H2,1-2H3,(H,11,13);1H4/t7-,8?,9?,10-;/m0./s1. The van der Waals surface area contributed by atoms with E-state index in [1.807, 2.05) is 0 Å². The number of carbonyl (C=O) groups excluding carboxylic acids is 1. The summed E-state index contributed by atoms with van der Waals surface area (Å²) in [5.41, 5.74) is -1.14. The van der Waals surface area contributed by atoms with Crippen molar-refractivity contribution in [2.45, 2.75) is 45.4 Å². The quantitative estimate of drug-likeness (QED) is 0.607. The van der Waals surface area contributed by atoms with Crippen molar-refractivity contribution in [2.24, 2.45) is 5.41 Å².